The fourth-order valence-corrected chi connectivity index (χ4v) is 1.42. The van der Waals surface area contributed by atoms with Crippen LogP contribution in [-0.2, 0) is 10.9 Å². The summed E-state index contributed by atoms with van der Waals surface area (Å²) in [6.45, 7) is 0. The predicted octanol–water partition coefficient (Wildman–Crippen LogP) is 2.14. The van der Waals surface area contributed by atoms with Crippen molar-refractivity contribution in [3.05, 3.63) is 35.8 Å². The number of carbonyl (C=O) groups is 1. The molecule has 0 radical (unpaired) electrons. The summed E-state index contributed by atoms with van der Waals surface area (Å²) >= 11 is 0. The molecule has 0 spiro atoms. The van der Waals surface area contributed by atoms with E-state index in [1.807, 2.05) is 0 Å². The number of esters is 1. The highest BCUT2D eigenvalue weighted by Gasteiger charge is 2.34. The molecule has 0 aliphatic heterocycles. The van der Waals surface area contributed by atoms with Crippen LogP contribution in [0.25, 0.3) is 5.65 Å². The Kier molecular flexibility index (Phi) is 2.53. The van der Waals surface area contributed by atoms with E-state index in [4.69, 9.17) is 0 Å². The number of nitrogens with zero attached hydrogens (tertiary/aromatic N) is 2. The van der Waals surface area contributed by atoms with E-state index in [9.17, 15) is 18.0 Å². The van der Waals surface area contributed by atoms with E-state index >= 15 is 0 Å². The van der Waals surface area contributed by atoms with Crippen LogP contribution in [-0.4, -0.2) is 22.5 Å². The van der Waals surface area contributed by atoms with Gasteiger partial charge in [0.1, 0.15) is 5.56 Å². The molecule has 2 aromatic rings. The zero-order valence-corrected chi connectivity index (χ0v) is 8.65. The van der Waals surface area contributed by atoms with Gasteiger partial charge in [-0.25, -0.2) is 9.78 Å². The minimum atomic E-state index is -4.54. The van der Waals surface area contributed by atoms with Gasteiger partial charge >= 0.3 is 12.1 Å². The van der Waals surface area contributed by atoms with Gasteiger partial charge in [0.15, 0.2) is 11.3 Å². The minimum Gasteiger partial charge on any atom is -0.465 e. The summed E-state index contributed by atoms with van der Waals surface area (Å²) in [5, 5.41) is 0. The third kappa shape index (κ3) is 1.95. The van der Waals surface area contributed by atoms with Gasteiger partial charge in [0.25, 0.3) is 0 Å². The number of ether oxygens (including phenoxy) is 1. The lowest BCUT2D eigenvalue weighted by molar-refractivity contribution is -0.140. The number of alkyl halides is 3. The zero-order chi connectivity index (χ0) is 12.6. The van der Waals surface area contributed by atoms with Crippen LogP contribution in [0.5, 0.6) is 0 Å². The van der Waals surface area contributed by atoms with Crippen LogP contribution in [0.3, 0.4) is 0 Å². The van der Waals surface area contributed by atoms with Crippen molar-refractivity contribution in [2.45, 2.75) is 6.18 Å². The first-order chi connectivity index (χ1) is 7.93. The van der Waals surface area contributed by atoms with Crippen molar-refractivity contribution in [2.24, 2.45) is 0 Å². The number of methoxy groups -OCH3 is 1. The lowest BCUT2D eigenvalue weighted by Crippen LogP contribution is -2.05. The Morgan fingerprint density at radius 3 is 2.76 bits per heavy atom. The number of carbonyl (C=O) groups excluding carboxylic acids is 1. The molecule has 7 heteroatoms. The number of imidazole rings is 1. The van der Waals surface area contributed by atoms with Gasteiger partial charge in [-0.2, -0.15) is 13.2 Å². The van der Waals surface area contributed by atoms with E-state index in [1.165, 1.54) is 18.3 Å². The molecular weight excluding hydrogens is 237 g/mol. The Hall–Kier alpha value is -2.05. The highest BCUT2D eigenvalue weighted by Crippen LogP contribution is 2.29. The molecule has 0 saturated carbocycles. The molecule has 0 aliphatic carbocycles. The number of hydrogen-bond acceptors (Lipinski definition) is 3. The Morgan fingerprint density at radius 2 is 2.18 bits per heavy atom. The molecule has 2 rings (SSSR count). The van der Waals surface area contributed by atoms with Crippen molar-refractivity contribution < 1.29 is 22.7 Å². The number of rotatable bonds is 1. The smallest absolute Gasteiger partial charge is 0.434 e. The van der Waals surface area contributed by atoms with Crippen LogP contribution in [0.1, 0.15) is 16.1 Å². The molecule has 0 atom stereocenters. The average molecular weight is 244 g/mol. The van der Waals surface area contributed by atoms with Gasteiger partial charge in [-0.1, -0.05) is 0 Å². The van der Waals surface area contributed by atoms with Crippen LogP contribution in [0, 0.1) is 0 Å². The first kappa shape index (κ1) is 11.4. The fraction of sp³-hybridized carbons (Fsp3) is 0.200. The van der Waals surface area contributed by atoms with Crippen molar-refractivity contribution in [3.63, 3.8) is 0 Å². The monoisotopic (exact) mass is 244 g/mol. The maximum Gasteiger partial charge on any atom is 0.434 e. The molecule has 4 nitrogen and oxygen atoms in total. The number of hydrogen-bond donors (Lipinski definition) is 0. The molecule has 0 bridgehead atoms. The maximum atomic E-state index is 12.4. The molecule has 17 heavy (non-hydrogen) atoms. The molecule has 0 fully saturated rings. The highest BCUT2D eigenvalue weighted by molar-refractivity contribution is 5.95. The number of aromatic nitrogens is 2. The highest BCUT2D eigenvalue weighted by atomic mass is 19.4. The Morgan fingerprint density at radius 1 is 1.47 bits per heavy atom. The van der Waals surface area contributed by atoms with Gasteiger partial charge < -0.3 is 9.14 Å². The van der Waals surface area contributed by atoms with Crippen molar-refractivity contribution in [2.75, 3.05) is 7.11 Å². The summed E-state index contributed by atoms with van der Waals surface area (Å²) < 4.78 is 42.9. The van der Waals surface area contributed by atoms with E-state index < -0.39 is 17.8 Å². The summed E-state index contributed by atoms with van der Waals surface area (Å²) in [6, 6.07) is 2.80. The normalized spacial score (nSPS) is 11.8. The van der Waals surface area contributed by atoms with E-state index in [2.05, 4.69) is 9.72 Å². The standard InChI is InChI=1S/C10H7F3N2O2/c1-17-9(16)6-3-2-4-15-5-7(10(11,12)13)14-8(6)15/h2-5H,1H3. The van der Waals surface area contributed by atoms with E-state index in [0.717, 1.165) is 17.7 Å². The second kappa shape index (κ2) is 3.76. The van der Waals surface area contributed by atoms with Gasteiger partial charge in [-0.3, -0.25) is 0 Å². The Bertz CT molecular complexity index is 574. The Balaban J connectivity index is 2.65. The van der Waals surface area contributed by atoms with E-state index in [0.29, 0.717) is 0 Å². The van der Waals surface area contributed by atoms with Gasteiger partial charge in [-0.05, 0) is 12.1 Å². The summed E-state index contributed by atoms with van der Waals surface area (Å²) in [6.07, 6.45) is -2.34. The number of fused-ring (bicyclic) bond motifs is 1. The summed E-state index contributed by atoms with van der Waals surface area (Å²) in [5.74, 6) is -0.727. The van der Waals surface area contributed by atoms with Crippen molar-refractivity contribution in [3.8, 4) is 0 Å². The summed E-state index contributed by atoms with van der Waals surface area (Å²) in [7, 11) is 1.15. The molecule has 0 unspecified atom stereocenters. The van der Waals surface area contributed by atoms with E-state index in [1.54, 1.807) is 0 Å². The van der Waals surface area contributed by atoms with Crippen LogP contribution in [0.15, 0.2) is 24.5 Å². The summed E-state index contributed by atoms with van der Waals surface area (Å²) in [5.41, 5.74) is -1.13. The Labute approximate surface area is 93.6 Å². The second-order valence-corrected chi connectivity index (χ2v) is 3.27. The molecule has 0 aliphatic rings. The number of halogens is 3. The fourth-order valence-electron chi connectivity index (χ4n) is 1.42. The van der Waals surface area contributed by atoms with Crippen LogP contribution in [0.4, 0.5) is 13.2 Å². The third-order valence-electron chi connectivity index (χ3n) is 2.18. The quantitative estimate of drug-likeness (QED) is 0.722. The SMILES string of the molecule is COC(=O)c1cccn2cc(C(F)(F)F)nc12. The third-order valence-corrected chi connectivity index (χ3v) is 2.18. The van der Waals surface area contributed by atoms with Gasteiger partial charge in [0.2, 0.25) is 0 Å². The molecule has 2 heterocycles. The second-order valence-electron chi connectivity index (χ2n) is 3.27. The summed E-state index contributed by atoms with van der Waals surface area (Å²) in [4.78, 5) is 14.7. The number of pyridine rings is 1. The predicted molar refractivity (Wildman–Crippen MR) is 51.5 cm³/mol. The molecule has 0 amide bonds. The molecule has 90 valence electrons. The van der Waals surface area contributed by atoms with Crippen molar-refractivity contribution in [1.29, 1.82) is 0 Å². The minimum absolute atomic E-state index is 0.00880. The lowest BCUT2D eigenvalue weighted by atomic mass is 10.3. The van der Waals surface area contributed by atoms with E-state index in [-0.39, 0.29) is 11.2 Å². The average Bonchev–Trinajstić information content (AvgIpc) is 2.71. The molecular formula is C10H7F3N2O2. The first-order valence-electron chi connectivity index (χ1n) is 4.56. The van der Waals surface area contributed by atoms with Gasteiger partial charge in [-0.15, -0.1) is 0 Å². The maximum absolute atomic E-state index is 12.4. The van der Waals surface area contributed by atoms with Crippen LogP contribution < -0.4 is 0 Å². The van der Waals surface area contributed by atoms with Gasteiger partial charge in [0, 0.05) is 12.4 Å². The molecule has 0 aromatic carbocycles. The molecule has 0 N–H and O–H groups in total. The first-order valence-corrected chi connectivity index (χ1v) is 4.56. The van der Waals surface area contributed by atoms with Gasteiger partial charge in [0.05, 0.1) is 7.11 Å². The van der Waals surface area contributed by atoms with Crippen molar-refractivity contribution in [1.82, 2.24) is 9.38 Å². The van der Waals surface area contributed by atoms with Crippen molar-refractivity contribution >= 4 is 11.6 Å². The topological polar surface area (TPSA) is 43.6 Å². The van der Waals surface area contributed by atoms with Crippen LogP contribution >= 0.6 is 0 Å². The molecule has 2 aromatic heterocycles. The largest absolute Gasteiger partial charge is 0.465 e. The lowest BCUT2D eigenvalue weighted by Gasteiger charge is -2.00. The van der Waals surface area contributed by atoms with Crippen LogP contribution in [0.2, 0.25) is 0 Å². The molecule has 0 saturated heterocycles. The zero-order valence-electron chi connectivity index (χ0n) is 8.65.